The van der Waals surface area contributed by atoms with E-state index in [1.807, 2.05) is 18.2 Å². The summed E-state index contributed by atoms with van der Waals surface area (Å²) in [5.41, 5.74) is 4.39. The quantitative estimate of drug-likeness (QED) is 0.549. The lowest BCUT2D eigenvalue weighted by Gasteiger charge is -2.38. The van der Waals surface area contributed by atoms with Crippen molar-refractivity contribution < 1.29 is 9.59 Å². The molecule has 0 saturated heterocycles. The van der Waals surface area contributed by atoms with E-state index in [4.69, 9.17) is 23.2 Å². The van der Waals surface area contributed by atoms with Crippen LogP contribution in [0.3, 0.4) is 0 Å². The molecule has 1 aliphatic heterocycles. The fourth-order valence-corrected chi connectivity index (χ4v) is 4.89. The molecule has 0 aromatic heterocycles. The number of nitrogens with zero attached hydrogens (tertiary/aromatic N) is 1. The Kier molecular flexibility index (Phi) is 5.54. The van der Waals surface area contributed by atoms with Gasteiger partial charge in [-0.25, -0.2) is 0 Å². The van der Waals surface area contributed by atoms with Gasteiger partial charge in [0.2, 0.25) is 5.91 Å². The molecular weight excluding hydrogens is 405 g/mol. The van der Waals surface area contributed by atoms with E-state index in [-0.39, 0.29) is 24.0 Å². The molecule has 0 bridgehead atoms. The zero-order valence-corrected chi connectivity index (χ0v) is 18.1. The summed E-state index contributed by atoms with van der Waals surface area (Å²) in [6.07, 6.45) is 2.19. The fraction of sp³-hybridized carbons (Fsp3) is 0.333. The molecule has 2 aliphatic rings. The lowest BCUT2D eigenvalue weighted by atomic mass is 9.77. The third kappa shape index (κ3) is 3.74. The van der Waals surface area contributed by atoms with Crippen molar-refractivity contribution in [1.82, 2.24) is 0 Å². The van der Waals surface area contributed by atoms with Crippen LogP contribution in [0.4, 0.5) is 5.69 Å². The maximum absolute atomic E-state index is 13.2. The first kappa shape index (κ1) is 20.2. The molecule has 29 heavy (non-hydrogen) atoms. The number of carbonyl (C=O) groups excluding carboxylic acids is 2. The molecule has 0 N–H and O–H groups in total. The van der Waals surface area contributed by atoms with Crippen molar-refractivity contribution in [1.29, 1.82) is 0 Å². The molecule has 0 spiro atoms. The van der Waals surface area contributed by atoms with Gasteiger partial charge in [0.15, 0.2) is 5.78 Å². The van der Waals surface area contributed by atoms with Gasteiger partial charge in [-0.1, -0.05) is 55.2 Å². The Bertz CT molecular complexity index is 1010. The highest BCUT2D eigenvalue weighted by Gasteiger charge is 2.40. The van der Waals surface area contributed by atoms with Crippen LogP contribution >= 0.6 is 23.2 Å². The molecule has 0 radical (unpaired) electrons. The first-order valence-electron chi connectivity index (χ1n) is 10.0. The second-order valence-electron chi connectivity index (χ2n) is 8.04. The second kappa shape index (κ2) is 7.97. The van der Waals surface area contributed by atoms with Gasteiger partial charge in [0.05, 0.1) is 0 Å². The fourth-order valence-electron chi connectivity index (χ4n) is 4.35. The maximum Gasteiger partial charge on any atom is 0.232 e. The van der Waals surface area contributed by atoms with Crippen molar-refractivity contribution in [3.8, 4) is 0 Å². The van der Waals surface area contributed by atoms with Crippen LogP contribution in [0.15, 0.2) is 53.7 Å². The van der Waals surface area contributed by atoms with Gasteiger partial charge in [-0.15, -0.1) is 0 Å². The van der Waals surface area contributed by atoms with Crippen molar-refractivity contribution in [2.75, 3.05) is 4.90 Å². The summed E-state index contributed by atoms with van der Waals surface area (Å²) in [4.78, 5) is 27.9. The number of rotatable bonds is 3. The van der Waals surface area contributed by atoms with Crippen molar-refractivity contribution in [3.05, 3.63) is 74.9 Å². The maximum atomic E-state index is 13.2. The molecule has 1 unspecified atom stereocenters. The van der Waals surface area contributed by atoms with Crippen molar-refractivity contribution in [3.63, 3.8) is 0 Å². The molecule has 1 atom stereocenters. The Morgan fingerprint density at radius 3 is 2.38 bits per heavy atom. The molecular formula is C24H23Cl2NO2. The standard InChI is InChI=1S/C24H23Cl2NO2/c1-14(2)15-6-9-17(10-7-15)27-21-4-3-5-22(28)24(21)19(13-23(27)29)18-11-8-16(25)12-20(18)26/h6-12,14,19H,3-5,13H2,1-2H3. The minimum atomic E-state index is -0.318. The molecule has 1 aliphatic carbocycles. The van der Waals surface area contributed by atoms with E-state index in [1.54, 1.807) is 17.0 Å². The van der Waals surface area contributed by atoms with Crippen molar-refractivity contribution in [2.24, 2.45) is 0 Å². The van der Waals surface area contributed by atoms with Gasteiger partial charge >= 0.3 is 0 Å². The molecule has 2 aromatic carbocycles. The first-order chi connectivity index (χ1) is 13.9. The van der Waals surface area contributed by atoms with E-state index >= 15 is 0 Å². The van der Waals surface area contributed by atoms with Gasteiger partial charge in [0, 0.05) is 45.8 Å². The Labute approximate surface area is 181 Å². The average Bonchev–Trinajstić information content (AvgIpc) is 2.68. The van der Waals surface area contributed by atoms with Gasteiger partial charge in [-0.05, 0) is 54.2 Å². The number of anilines is 1. The van der Waals surface area contributed by atoms with E-state index < -0.39 is 0 Å². The van der Waals surface area contributed by atoms with E-state index in [2.05, 4.69) is 26.0 Å². The predicted octanol–water partition coefficient (Wildman–Crippen LogP) is 6.64. The summed E-state index contributed by atoms with van der Waals surface area (Å²) >= 11 is 12.5. The molecule has 5 heteroatoms. The van der Waals surface area contributed by atoms with Gasteiger partial charge in [-0.3, -0.25) is 14.5 Å². The Morgan fingerprint density at radius 1 is 1.00 bits per heavy atom. The number of halogens is 2. The van der Waals surface area contributed by atoms with Crippen LogP contribution in [0.1, 0.15) is 62.5 Å². The highest BCUT2D eigenvalue weighted by atomic mass is 35.5. The zero-order chi connectivity index (χ0) is 20.7. The highest BCUT2D eigenvalue weighted by molar-refractivity contribution is 6.35. The van der Waals surface area contributed by atoms with Gasteiger partial charge in [0.1, 0.15) is 0 Å². The lowest BCUT2D eigenvalue weighted by molar-refractivity contribution is -0.119. The van der Waals surface area contributed by atoms with Crippen LogP contribution < -0.4 is 4.90 Å². The minimum absolute atomic E-state index is 0.00763. The van der Waals surface area contributed by atoms with Gasteiger partial charge in [-0.2, -0.15) is 0 Å². The smallest absolute Gasteiger partial charge is 0.232 e. The Morgan fingerprint density at radius 2 is 1.72 bits per heavy atom. The molecule has 0 fully saturated rings. The number of ketones is 1. The normalized spacial score (nSPS) is 19.8. The third-order valence-corrected chi connectivity index (χ3v) is 6.39. The summed E-state index contributed by atoms with van der Waals surface area (Å²) in [5, 5.41) is 1.03. The molecule has 1 heterocycles. The molecule has 2 aromatic rings. The summed E-state index contributed by atoms with van der Waals surface area (Å²) in [7, 11) is 0. The summed E-state index contributed by atoms with van der Waals surface area (Å²) < 4.78 is 0. The topological polar surface area (TPSA) is 37.4 Å². The molecule has 150 valence electrons. The van der Waals surface area contributed by atoms with Crippen LogP contribution in [0.25, 0.3) is 0 Å². The number of carbonyl (C=O) groups is 2. The highest BCUT2D eigenvalue weighted by Crippen LogP contribution is 2.45. The van der Waals surface area contributed by atoms with Crippen molar-refractivity contribution in [2.45, 2.75) is 51.4 Å². The van der Waals surface area contributed by atoms with Crippen LogP contribution in [-0.2, 0) is 9.59 Å². The molecule has 1 amide bonds. The van der Waals surface area contributed by atoms with E-state index in [0.717, 1.165) is 28.9 Å². The predicted molar refractivity (Wildman–Crippen MR) is 118 cm³/mol. The largest absolute Gasteiger partial charge is 0.294 e. The summed E-state index contributed by atoms with van der Waals surface area (Å²) in [6, 6.07) is 13.3. The molecule has 0 saturated carbocycles. The molecule has 3 nitrogen and oxygen atoms in total. The van der Waals surface area contributed by atoms with Crippen LogP contribution in [0, 0.1) is 0 Å². The number of amides is 1. The number of hydrogen-bond donors (Lipinski definition) is 0. The number of hydrogen-bond acceptors (Lipinski definition) is 2. The van der Waals surface area contributed by atoms with E-state index in [9.17, 15) is 9.59 Å². The zero-order valence-electron chi connectivity index (χ0n) is 16.5. The van der Waals surface area contributed by atoms with Gasteiger partial charge < -0.3 is 0 Å². The Hall–Kier alpha value is -2.10. The number of Topliss-reactive ketones (excluding diaryl/α,β-unsaturated/α-hetero) is 1. The Balaban J connectivity index is 1.82. The minimum Gasteiger partial charge on any atom is -0.294 e. The average molecular weight is 428 g/mol. The summed E-state index contributed by atoms with van der Waals surface area (Å²) in [5.74, 6) is 0.204. The lowest BCUT2D eigenvalue weighted by Crippen LogP contribution is -2.40. The number of allylic oxidation sites excluding steroid dienone is 2. The third-order valence-electron chi connectivity index (χ3n) is 5.83. The second-order valence-corrected chi connectivity index (χ2v) is 8.88. The summed E-state index contributed by atoms with van der Waals surface area (Å²) in [6.45, 7) is 4.28. The van der Waals surface area contributed by atoms with Crippen LogP contribution in [-0.4, -0.2) is 11.7 Å². The van der Waals surface area contributed by atoms with Crippen LogP contribution in [0.5, 0.6) is 0 Å². The van der Waals surface area contributed by atoms with E-state index in [1.165, 1.54) is 5.56 Å². The van der Waals surface area contributed by atoms with Crippen LogP contribution in [0.2, 0.25) is 10.0 Å². The number of benzene rings is 2. The first-order valence-corrected chi connectivity index (χ1v) is 10.8. The van der Waals surface area contributed by atoms with Gasteiger partial charge in [0.25, 0.3) is 0 Å². The van der Waals surface area contributed by atoms with Crippen molar-refractivity contribution >= 4 is 40.6 Å². The monoisotopic (exact) mass is 427 g/mol. The molecule has 4 rings (SSSR count). The SMILES string of the molecule is CC(C)c1ccc(N2C(=O)CC(c3ccc(Cl)cc3Cl)C3=C2CCCC3=O)cc1. The van der Waals surface area contributed by atoms with E-state index in [0.29, 0.717) is 28.8 Å².